The second kappa shape index (κ2) is 7.08. The van der Waals surface area contributed by atoms with Gasteiger partial charge in [0.25, 0.3) is 5.69 Å². The Morgan fingerprint density at radius 3 is 2.63 bits per heavy atom. The molecule has 0 aliphatic heterocycles. The zero-order valence-electron chi connectivity index (χ0n) is 11.2. The second-order valence-electron chi connectivity index (χ2n) is 4.34. The van der Waals surface area contributed by atoms with Gasteiger partial charge in [0.05, 0.1) is 17.1 Å². The summed E-state index contributed by atoms with van der Waals surface area (Å²) in [5.41, 5.74) is 0.563. The summed E-state index contributed by atoms with van der Waals surface area (Å²) in [7, 11) is -0.895. The van der Waals surface area contributed by atoms with Crippen molar-refractivity contribution in [2.75, 3.05) is 23.9 Å². The van der Waals surface area contributed by atoms with Gasteiger partial charge in [0, 0.05) is 47.2 Å². The van der Waals surface area contributed by atoms with Gasteiger partial charge in [-0.05, 0) is 13.8 Å². The number of hydrogen-bond acceptors (Lipinski definition) is 5. The Balaban J connectivity index is 2.86. The molecule has 0 bridgehead atoms. The van der Waals surface area contributed by atoms with Crippen molar-refractivity contribution in [2.24, 2.45) is 0 Å². The van der Waals surface area contributed by atoms with E-state index in [1.807, 2.05) is 13.8 Å². The van der Waals surface area contributed by atoms with Crippen LogP contribution in [-0.4, -0.2) is 33.8 Å². The van der Waals surface area contributed by atoms with Gasteiger partial charge >= 0.3 is 0 Å². The van der Waals surface area contributed by atoms with Crippen molar-refractivity contribution in [3.05, 3.63) is 28.3 Å². The van der Waals surface area contributed by atoms with Crippen LogP contribution in [0.5, 0.6) is 5.75 Å². The first-order valence-electron chi connectivity index (χ1n) is 5.88. The van der Waals surface area contributed by atoms with Crippen LogP contribution >= 0.6 is 0 Å². The third-order valence-electron chi connectivity index (χ3n) is 2.19. The van der Waals surface area contributed by atoms with Crippen LogP contribution < -0.4 is 10.1 Å². The first-order chi connectivity index (χ1) is 8.88. The van der Waals surface area contributed by atoms with Gasteiger partial charge in [-0.15, -0.1) is 0 Å². The van der Waals surface area contributed by atoms with Gasteiger partial charge in [-0.2, -0.15) is 0 Å². The summed E-state index contributed by atoms with van der Waals surface area (Å²) < 4.78 is 16.4. The first kappa shape index (κ1) is 15.4. The molecule has 1 aromatic carbocycles. The van der Waals surface area contributed by atoms with E-state index in [-0.39, 0.29) is 11.8 Å². The van der Waals surface area contributed by atoms with Crippen LogP contribution in [0.4, 0.5) is 11.4 Å². The number of hydrogen-bond donors (Lipinski definition) is 1. The molecule has 1 N–H and O–H groups in total. The van der Waals surface area contributed by atoms with E-state index in [1.165, 1.54) is 12.1 Å². The van der Waals surface area contributed by atoms with Crippen molar-refractivity contribution in [3.63, 3.8) is 0 Å². The van der Waals surface area contributed by atoms with Crippen molar-refractivity contribution < 1.29 is 13.9 Å². The lowest BCUT2D eigenvalue weighted by molar-refractivity contribution is -0.384. The average Bonchev–Trinajstić information content (AvgIpc) is 2.27. The van der Waals surface area contributed by atoms with Gasteiger partial charge in [0.15, 0.2) is 0 Å². The molecule has 0 heterocycles. The maximum absolute atomic E-state index is 11.0. The van der Waals surface area contributed by atoms with Crippen molar-refractivity contribution >= 4 is 22.2 Å². The van der Waals surface area contributed by atoms with E-state index in [9.17, 15) is 14.3 Å². The van der Waals surface area contributed by atoms with Crippen molar-refractivity contribution in [2.45, 2.75) is 20.0 Å². The topological polar surface area (TPSA) is 81.5 Å². The molecule has 0 aromatic heterocycles. The summed E-state index contributed by atoms with van der Waals surface area (Å²) in [4.78, 5) is 10.4. The zero-order valence-corrected chi connectivity index (χ0v) is 12.0. The molecule has 1 atom stereocenters. The number of ether oxygens (including phenoxy) is 1. The third kappa shape index (κ3) is 5.69. The second-order valence-corrected chi connectivity index (χ2v) is 5.90. The molecule has 19 heavy (non-hydrogen) atoms. The number of nitrogens with one attached hydrogen (secondary N) is 1. The number of nitrogens with zero attached hydrogens (tertiary/aromatic N) is 1. The summed E-state index contributed by atoms with van der Waals surface area (Å²) >= 11 is 0. The van der Waals surface area contributed by atoms with E-state index in [2.05, 4.69) is 5.32 Å². The number of benzene rings is 1. The monoisotopic (exact) mass is 286 g/mol. The Kier molecular flexibility index (Phi) is 5.75. The molecule has 0 aliphatic rings. The number of rotatable bonds is 7. The quantitative estimate of drug-likeness (QED) is 0.613. The van der Waals surface area contributed by atoms with Gasteiger partial charge in [0.1, 0.15) is 5.75 Å². The SMILES string of the molecule is CC(C)Oc1cc(NCCS(C)=O)cc([N+](=O)[O-])c1. The smallest absolute Gasteiger partial charge is 0.275 e. The minimum Gasteiger partial charge on any atom is -0.491 e. The Morgan fingerprint density at radius 2 is 2.11 bits per heavy atom. The van der Waals surface area contributed by atoms with Crippen molar-refractivity contribution in [1.29, 1.82) is 0 Å². The summed E-state index contributed by atoms with van der Waals surface area (Å²) in [6, 6.07) is 4.53. The molecule has 1 aromatic rings. The Labute approximate surface area is 114 Å². The van der Waals surface area contributed by atoms with Gasteiger partial charge in [-0.3, -0.25) is 14.3 Å². The molecule has 0 radical (unpaired) electrons. The van der Waals surface area contributed by atoms with Crippen LogP contribution in [0.2, 0.25) is 0 Å². The van der Waals surface area contributed by atoms with Crippen LogP contribution in [0, 0.1) is 10.1 Å². The predicted octanol–water partition coefficient (Wildman–Crippen LogP) is 2.17. The standard InChI is InChI=1S/C12H18N2O4S/c1-9(2)18-12-7-10(13-4-5-19(3)17)6-11(8-12)14(15)16/h6-9,13H,4-5H2,1-3H3. The molecule has 0 amide bonds. The van der Waals surface area contributed by atoms with Gasteiger partial charge in [-0.25, -0.2) is 0 Å². The molecule has 0 fully saturated rings. The van der Waals surface area contributed by atoms with E-state index in [4.69, 9.17) is 4.74 Å². The van der Waals surface area contributed by atoms with E-state index in [1.54, 1.807) is 12.3 Å². The fourth-order valence-electron chi connectivity index (χ4n) is 1.47. The third-order valence-corrected chi connectivity index (χ3v) is 2.97. The molecular formula is C12H18N2O4S. The summed E-state index contributed by atoms with van der Waals surface area (Å²) in [6.45, 7) is 4.20. The fraction of sp³-hybridized carbons (Fsp3) is 0.500. The molecule has 106 valence electrons. The van der Waals surface area contributed by atoms with E-state index >= 15 is 0 Å². The molecule has 6 nitrogen and oxygen atoms in total. The van der Waals surface area contributed by atoms with Gasteiger partial charge in [0.2, 0.25) is 0 Å². The van der Waals surface area contributed by atoms with E-state index in [0.29, 0.717) is 23.7 Å². The van der Waals surface area contributed by atoms with Crippen LogP contribution in [-0.2, 0) is 10.8 Å². The lowest BCUT2D eigenvalue weighted by atomic mass is 10.2. The van der Waals surface area contributed by atoms with Crippen LogP contribution in [0.3, 0.4) is 0 Å². The molecule has 0 saturated heterocycles. The Hall–Kier alpha value is -1.63. The van der Waals surface area contributed by atoms with E-state index < -0.39 is 15.7 Å². The Bertz CT molecular complexity index is 477. The van der Waals surface area contributed by atoms with Crippen molar-refractivity contribution in [3.8, 4) is 5.75 Å². The van der Waals surface area contributed by atoms with Gasteiger partial charge < -0.3 is 10.1 Å². The minimum atomic E-state index is -0.895. The average molecular weight is 286 g/mol. The molecule has 0 saturated carbocycles. The zero-order chi connectivity index (χ0) is 14.4. The largest absolute Gasteiger partial charge is 0.491 e. The number of nitro groups is 1. The van der Waals surface area contributed by atoms with Gasteiger partial charge in [-0.1, -0.05) is 0 Å². The van der Waals surface area contributed by atoms with Crippen LogP contribution in [0.1, 0.15) is 13.8 Å². The molecule has 7 heteroatoms. The fourth-order valence-corrected chi connectivity index (χ4v) is 1.86. The summed E-state index contributed by atoms with van der Waals surface area (Å²) in [5.74, 6) is 0.938. The molecule has 1 unspecified atom stereocenters. The maximum Gasteiger partial charge on any atom is 0.275 e. The lowest BCUT2D eigenvalue weighted by Gasteiger charge is -2.12. The number of non-ortho nitro benzene ring substituents is 1. The molecule has 0 aliphatic carbocycles. The maximum atomic E-state index is 11.0. The number of nitro benzene ring substituents is 1. The Morgan fingerprint density at radius 1 is 1.42 bits per heavy atom. The normalized spacial score (nSPS) is 12.2. The van der Waals surface area contributed by atoms with E-state index in [0.717, 1.165) is 0 Å². The van der Waals surface area contributed by atoms with Crippen LogP contribution in [0.25, 0.3) is 0 Å². The minimum absolute atomic E-state index is 0.0294. The van der Waals surface area contributed by atoms with Crippen LogP contribution in [0.15, 0.2) is 18.2 Å². The van der Waals surface area contributed by atoms with Crippen molar-refractivity contribution in [1.82, 2.24) is 0 Å². The number of anilines is 1. The lowest BCUT2D eigenvalue weighted by Crippen LogP contribution is -2.11. The highest BCUT2D eigenvalue weighted by molar-refractivity contribution is 7.84. The summed E-state index contributed by atoms with van der Waals surface area (Å²) in [5, 5.41) is 13.9. The highest BCUT2D eigenvalue weighted by atomic mass is 32.2. The summed E-state index contributed by atoms with van der Waals surface area (Å²) in [6.07, 6.45) is 1.56. The first-order valence-corrected chi connectivity index (χ1v) is 7.61. The molecule has 0 spiro atoms. The molecule has 1 rings (SSSR count). The highest BCUT2D eigenvalue weighted by Gasteiger charge is 2.11. The molecular weight excluding hydrogens is 268 g/mol. The highest BCUT2D eigenvalue weighted by Crippen LogP contribution is 2.26. The predicted molar refractivity (Wildman–Crippen MR) is 76.3 cm³/mol.